The summed E-state index contributed by atoms with van der Waals surface area (Å²) in [6.07, 6.45) is 0.529. The summed E-state index contributed by atoms with van der Waals surface area (Å²) in [6.45, 7) is 2.24. The van der Waals surface area contributed by atoms with E-state index in [1.807, 2.05) is 6.92 Å². The van der Waals surface area contributed by atoms with Crippen molar-refractivity contribution in [3.8, 4) is 0 Å². The number of rotatable bonds is 7. The second-order valence-corrected chi connectivity index (χ2v) is 2.51. The van der Waals surface area contributed by atoms with E-state index < -0.39 is 5.97 Å². The molecular formula is C5H12NO4P. The van der Waals surface area contributed by atoms with Crippen molar-refractivity contribution in [2.75, 3.05) is 19.5 Å². The van der Waals surface area contributed by atoms with Crippen LogP contribution in [-0.2, 0) is 14.2 Å². The van der Waals surface area contributed by atoms with E-state index in [2.05, 4.69) is 10.3 Å². The van der Waals surface area contributed by atoms with Crippen molar-refractivity contribution in [1.82, 2.24) is 5.48 Å². The normalized spacial score (nSPS) is 11.0. The molecule has 0 amide bonds. The Labute approximate surface area is 66.9 Å². The molecule has 0 spiro atoms. The van der Waals surface area contributed by atoms with Crippen LogP contribution in [0.1, 0.15) is 6.92 Å². The minimum absolute atomic E-state index is 0.307. The van der Waals surface area contributed by atoms with Gasteiger partial charge in [-0.1, -0.05) is 0 Å². The zero-order chi connectivity index (χ0) is 8.53. The van der Waals surface area contributed by atoms with Gasteiger partial charge in [0.1, 0.15) is 0 Å². The highest BCUT2D eigenvalue weighted by molar-refractivity contribution is 7.32. The molecule has 0 heterocycles. The average Bonchev–Trinajstić information content (AvgIpc) is 1.96. The third-order valence-electron chi connectivity index (χ3n) is 0.688. The molecule has 1 atom stereocenters. The molecule has 1 unspecified atom stereocenters. The van der Waals surface area contributed by atoms with Gasteiger partial charge in [-0.25, -0.2) is 4.79 Å². The number of nitrogens with one attached hydrogen (secondary N) is 1. The van der Waals surface area contributed by atoms with E-state index in [0.717, 1.165) is 0 Å². The maximum absolute atomic E-state index is 9.89. The molecule has 5 nitrogen and oxygen atoms in total. The van der Waals surface area contributed by atoms with Crippen LogP contribution in [0, 0.1) is 0 Å². The fourth-order valence-corrected chi connectivity index (χ4v) is 0.814. The number of hydrogen-bond donors (Lipinski definition) is 2. The summed E-state index contributed by atoms with van der Waals surface area (Å²) in [5, 5.41) is 8.12. The van der Waals surface area contributed by atoms with Gasteiger partial charge in [0.15, 0.2) is 6.61 Å². The fourth-order valence-electron chi connectivity index (χ4n) is 0.346. The molecule has 0 aromatic heterocycles. The largest absolute Gasteiger partial charge is 0.479 e. The van der Waals surface area contributed by atoms with E-state index >= 15 is 0 Å². The van der Waals surface area contributed by atoms with Gasteiger partial charge < -0.3 is 9.63 Å². The molecule has 0 aromatic carbocycles. The lowest BCUT2D eigenvalue weighted by Gasteiger charge is -2.02. The maximum Gasteiger partial charge on any atom is 0.331 e. The van der Waals surface area contributed by atoms with Gasteiger partial charge in [0.2, 0.25) is 0 Å². The maximum atomic E-state index is 9.89. The molecule has 66 valence electrons. The molecule has 0 saturated heterocycles. The zero-order valence-corrected chi connectivity index (χ0v) is 7.29. The first kappa shape index (κ1) is 10.8. The minimum Gasteiger partial charge on any atom is -0.479 e. The van der Waals surface area contributed by atoms with Crippen molar-refractivity contribution < 1.29 is 19.3 Å². The molecule has 0 aliphatic rings. The van der Waals surface area contributed by atoms with E-state index in [4.69, 9.17) is 9.63 Å². The Kier molecular flexibility index (Phi) is 7.72. The number of carbonyl (C=O) groups is 1. The Balaban J connectivity index is 2.85. The molecule has 0 saturated carbocycles. The number of hydroxylamine groups is 1. The van der Waals surface area contributed by atoms with Crippen molar-refractivity contribution in [2.24, 2.45) is 0 Å². The molecule has 0 aromatic rings. The predicted molar refractivity (Wildman–Crippen MR) is 41.5 cm³/mol. The zero-order valence-electron chi connectivity index (χ0n) is 6.29. The minimum atomic E-state index is -0.989. The Bertz CT molecular complexity index is 111. The summed E-state index contributed by atoms with van der Waals surface area (Å²) >= 11 is 0. The Morgan fingerprint density at radius 1 is 1.73 bits per heavy atom. The van der Waals surface area contributed by atoms with Crippen LogP contribution in [0.2, 0.25) is 0 Å². The number of carboxylic acid groups (broad SMARTS) is 1. The highest BCUT2D eigenvalue weighted by Crippen LogP contribution is 2.06. The standard InChI is InChI=1S/C5H12NO4P/c1-2-10-11-4-6-9-3-5(7)8/h6,11H,2-4H2,1H3,(H,7,8). The summed E-state index contributed by atoms with van der Waals surface area (Å²) in [4.78, 5) is 14.4. The summed E-state index contributed by atoms with van der Waals surface area (Å²) in [5.41, 5.74) is 2.46. The second-order valence-electron chi connectivity index (χ2n) is 1.58. The molecule has 0 radical (unpaired) electrons. The van der Waals surface area contributed by atoms with Crippen molar-refractivity contribution in [2.45, 2.75) is 6.92 Å². The van der Waals surface area contributed by atoms with Crippen LogP contribution in [0.5, 0.6) is 0 Å². The monoisotopic (exact) mass is 181 g/mol. The lowest BCUT2D eigenvalue weighted by Crippen LogP contribution is -2.18. The molecular weight excluding hydrogens is 169 g/mol. The van der Waals surface area contributed by atoms with Gasteiger partial charge in [-0.3, -0.25) is 4.84 Å². The van der Waals surface area contributed by atoms with E-state index in [1.54, 1.807) is 0 Å². The van der Waals surface area contributed by atoms with Crippen LogP contribution in [0.4, 0.5) is 0 Å². The van der Waals surface area contributed by atoms with E-state index in [-0.39, 0.29) is 6.61 Å². The van der Waals surface area contributed by atoms with Gasteiger partial charge in [0, 0.05) is 15.4 Å². The SMILES string of the molecule is CCOPCNOCC(=O)O. The summed E-state index contributed by atoms with van der Waals surface area (Å²) < 4.78 is 4.98. The number of aliphatic carboxylic acids is 1. The first-order chi connectivity index (χ1) is 5.27. The van der Waals surface area contributed by atoms with E-state index in [9.17, 15) is 4.79 Å². The van der Waals surface area contributed by atoms with Crippen LogP contribution in [0.25, 0.3) is 0 Å². The lowest BCUT2D eigenvalue weighted by molar-refractivity contribution is -0.144. The van der Waals surface area contributed by atoms with Crippen molar-refractivity contribution in [1.29, 1.82) is 0 Å². The number of carboxylic acids is 1. The van der Waals surface area contributed by atoms with Gasteiger partial charge in [0.25, 0.3) is 0 Å². The molecule has 0 aliphatic carbocycles. The Morgan fingerprint density at radius 3 is 3.00 bits per heavy atom. The second kappa shape index (κ2) is 7.88. The Morgan fingerprint density at radius 2 is 2.45 bits per heavy atom. The molecule has 0 fully saturated rings. The molecule has 0 aliphatic heterocycles. The first-order valence-corrected chi connectivity index (χ1v) is 4.30. The fraction of sp³-hybridized carbons (Fsp3) is 0.800. The van der Waals surface area contributed by atoms with Gasteiger partial charge in [-0.05, 0) is 6.92 Å². The summed E-state index contributed by atoms with van der Waals surface area (Å²) in [5.74, 6) is -0.989. The van der Waals surface area contributed by atoms with Crippen LogP contribution >= 0.6 is 8.81 Å². The van der Waals surface area contributed by atoms with Crippen LogP contribution in [0.15, 0.2) is 0 Å². The smallest absolute Gasteiger partial charge is 0.331 e. The molecule has 11 heavy (non-hydrogen) atoms. The summed E-state index contributed by atoms with van der Waals surface area (Å²) in [6, 6.07) is 0. The molecule has 2 N–H and O–H groups in total. The van der Waals surface area contributed by atoms with Crippen molar-refractivity contribution in [3.63, 3.8) is 0 Å². The van der Waals surface area contributed by atoms with Crippen LogP contribution in [0.3, 0.4) is 0 Å². The highest BCUT2D eigenvalue weighted by Gasteiger charge is 1.94. The topological polar surface area (TPSA) is 67.8 Å². The highest BCUT2D eigenvalue weighted by atomic mass is 31.1. The van der Waals surface area contributed by atoms with Gasteiger partial charge in [0.05, 0.1) is 6.29 Å². The average molecular weight is 181 g/mol. The predicted octanol–water partition coefficient (Wildman–Crippen LogP) is 0.180. The lowest BCUT2D eigenvalue weighted by atomic mass is 10.8. The van der Waals surface area contributed by atoms with Gasteiger partial charge >= 0.3 is 5.97 Å². The first-order valence-electron chi connectivity index (χ1n) is 3.18. The molecule has 0 rings (SSSR count). The third-order valence-corrected chi connectivity index (χ3v) is 1.47. The van der Waals surface area contributed by atoms with Gasteiger partial charge in [-0.15, -0.1) is 0 Å². The van der Waals surface area contributed by atoms with E-state index in [1.165, 1.54) is 0 Å². The van der Waals surface area contributed by atoms with Crippen molar-refractivity contribution in [3.05, 3.63) is 0 Å². The van der Waals surface area contributed by atoms with Gasteiger partial charge in [-0.2, -0.15) is 5.48 Å². The third kappa shape index (κ3) is 9.78. The van der Waals surface area contributed by atoms with Crippen LogP contribution < -0.4 is 5.48 Å². The molecule has 6 heteroatoms. The molecule has 0 bridgehead atoms. The van der Waals surface area contributed by atoms with E-state index in [0.29, 0.717) is 21.7 Å². The Hall–Kier alpha value is -0.220. The quantitative estimate of drug-likeness (QED) is 0.333. The summed E-state index contributed by atoms with van der Waals surface area (Å²) in [7, 11) is 0.307. The van der Waals surface area contributed by atoms with Crippen molar-refractivity contribution >= 4 is 14.8 Å². The number of hydrogen-bond acceptors (Lipinski definition) is 4. The van der Waals surface area contributed by atoms with Crippen LogP contribution in [-0.4, -0.2) is 30.6 Å².